The highest BCUT2D eigenvalue weighted by atomic mass is 32.2. The molecule has 0 aliphatic rings. The molecule has 0 amide bonds. The first-order valence-electron chi connectivity index (χ1n) is 8.32. The number of imidazole rings is 1. The van der Waals surface area contributed by atoms with Crippen LogP contribution >= 0.6 is 0 Å². The zero-order valence-corrected chi connectivity index (χ0v) is 15.3. The van der Waals surface area contributed by atoms with Crippen molar-refractivity contribution in [2.45, 2.75) is 37.4 Å². The van der Waals surface area contributed by atoms with E-state index in [9.17, 15) is 21.6 Å². The first-order valence-corrected chi connectivity index (χ1v) is 9.86. The van der Waals surface area contributed by atoms with Crippen LogP contribution < -0.4 is 5.14 Å². The molecule has 2 N–H and O–H groups in total. The molecular formula is C18H18F3N3O2S. The van der Waals surface area contributed by atoms with Crippen LogP contribution in [0.2, 0.25) is 0 Å². The van der Waals surface area contributed by atoms with Gasteiger partial charge in [0, 0.05) is 12.1 Å². The van der Waals surface area contributed by atoms with E-state index in [1.54, 1.807) is 16.7 Å². The smallest absolute Gasteiger partial charge is 0.324 e. The van der Waals surface area contributed by atoms with Gasteiger partial charge in [-0.3, -0.25) is 0 Å². The number of halogens is 3. The third kappa shape index (κ3) is 3.98. The summed E-state index contributed by atoms with van der Waals surface area (Å²) in [6, 6.07) is 9.22. The molecule has 0 atom stereocenters. The number of unbranched alkanes of at least 4 members (excludes halogenated alkanes) is 1. The maximum atomic E-state index is 13.1. The second-order valence-corrected chi connectivity index (χ2v) is 7.78. The minimum Gasteiger partial charge on any atom is -0.324 e. The third-order valence-corrected chi connectivity index (χ3v) is 5.14. The Labute approximate surface area is 154 Å². The fourth-order valence-electron chi connectivity index (χ4n) is 2.88. The van der Waals surface area contributed by atoms with Crippen molar-refractivity contribution < 1.29 is 21.6 Å². The number of aromatic nitrogens is 2. The molecule has 0 radical (unpaired) electrons. The number of nitrogens with two attached hydrogens (primary N) is 1. The van der Waals surface area contributed by atoms with E-state index in [1.165, 1.54) is 18.2 Å². The van der Waals surface area contributed by atoms with Crippen molar-refractivity contribution in [1.82, 2.24) is 9.55 Å². The van der Waals surface area contributed by atoms with Crippen LogP contribution in [-0.2, 0) is 22.7 Å². The molecule has 9 heteroatoms. The molecule has 0 aliphatic heterocycles. The van der Waals surface area contributed by atoms with E-state index >= 15 is 0 Å². The zero-order chi connectivity index (χ0) is 19.8. The minimum atomic E-state index is -4.46. The number of primary sulfonamides is 1. The maximum Gasteiger partial charge on any atom is 0.416 e. The van der Waals surface area contributed by atoms with E-state index in [-0.39, 0.29) is 4.90 Å². The molecule has 3 aromatic rings. The SMILES string of the molecule is CCCCn1c(-c2cccc(C(F)(F)F)c2)nc2cc(S(N)(=O)=O)ccc21. The predicted molar refractivity (Wildman–Crippen MR) is 96.5 cm³/mol. The molecule has 0 unspecified atom stereocenters. The zero-order valence-electron chi connectivity index (χ0n) is 14.5. The normalized spacial score (nSPS) is 12.6. The Kier molecular flexibility index (Phi) is 5.00. The summed E-state index contributed by atoms with van der Waals surface area (Å²) >= 11 is 0. The van der Waals surface area contributed by atoms with Crippen LogP contribution in [0.25, 0.3) is 22.4 Å². The lowest BCUT2D eigenvalue weighted by Gasteiger charge is -2.11. The fourth-order valence-corrected chi connectivity index (χ4v) is 3.42. The van der Waals surface area contributed by atoms with Crippen LogP contribution in [0.5, 0.6) is 0 Å². The third-order valence-electron chi connectivity index (χ3n) is 4.23. The predicted octanol–water partition coefficient (Wildman–Crippen LogP) is 4.17. The average Bonchev–Trinajstić information content (AvgIpc) is 2.96. The van der Waals surface area contributed by atoms with Crippen LogP contribution in [0.15, 0.2) is 47.4 Å². The number of aryl methyl sites for hydroxylation is 1. The number of alkyl halides is 3. The molecule has 2 aromatic carbocycles. The number of sulfonamides is 1. The van der Waals surface area contributed by atoms with Crippen LogP contribution in [0.4, 0.5) is 13.2 Å². The van der Waals surface area contributed by atoms with Crippen LogP contribution in [0.3, 0.4) is 0 Å². The second kappa shape index (κ2) is 6.97. The first kappa shape index (κ1) is 19.4. The van der Waals surface area contributed by atoms with E-state index in [0.29, 0.717) is 29.0 Å². The summed E-state index contributed by atoms with van der Waals surface area (Å²) in [5.41, 5.74) is 0.557. The van der Waals surface area contributed by atoms with Crippen molar-refractivity contribution in [2.24, 2.45) is 5.14 Å². The maximum absolute atomic E-state index is 13.1. The van der Waals surface area contributed by atoms with Gasteiger partial charge in [-0.05, 0) is 36.8 Å². The van der Waals surface area contributed by atoms with Crippen LogP contribution in [0.1, 0.15) is 25.3 Å². The van der Waals surface area contributed by atoms with Gasteiger partial charge in [0.1, 0.15) is 5.82 Å². The lowest BCUT2D eigenvalue weighted by molar-refractivity contribution is -0.137. The van der Waals surface area contributed by atoms with Gasteiger partial charge in [-0.1, -0.05) is 25.5 Å². The van der Waals surface area contributed by atoms with Gasteiger partial charge < -0.3 is 4.57 Å². The lowest BCUT2D eigenvalue weighted by Crippen LogP contribution is -2.11. The average molecular weight is 397 g/mol. The molecular weight excluding hydrogens is 379 g/mol. The van der Waals surface area contributed by atoms with Crippen LogP contribution in [-0.4, -0.2) is 18.0 Å². The molecule has 144 valence electrons. The Bertz CT molecular complexity index is 1090. The Morgan fingerprint density at radius 3 is 2.52 bits per heavy atom. The molecule has 0 saturated carbocycles. The Hall–Kier alpha value is -2.39. The number of fused-ring (bicyclic) bond motifs is 1. The highest BCUT2D eigenvalue weighted by Gasteiger charge is 2.31. The Morgan fingerprint density at radius 1 is 1.15 bits per heavy atom. The van der Waals surface area contributed by atoms with E-state index in [2.05, 4.69) is 4.98 Å². The van der Waals surface area contributed by atoms with E-state index in [1.807, 2.05) is 6.92 Å². The molecule has 0 saturated heterocycles. The summed E-state index contributed by atoms with van der Waals surface area (Å²) in [4.78, 5) is 4.32. The van der Waals surface area contributed by atoms with Crippen molar-refractivity contribution in [1.29, 1.82) is 0 Å². The van der Waals surface area contributed by atoms with Gasteiger partial charge in [-0.15, -0.1) is 0 Å². The van der Waals surface area contributed by atoms with Crippen molar-refractivity contribution in [3.63, 3.8) is 0 Å². The van der Waals surface area contributed by atoms with Gasteiger partial charge in [-0.2, -0.15) is 13.2 Å². The first-order chi connectivity index (χ1) is 12.6. The molecule has 1 aromatic heterocycles. The molecule has 1 heterocycles. The number of hydrogen-bond donors (Lipinski definition) is 1. The van der Waals surface area contributed by atoms with Gasteiger partial charge in [-0.25, -0.2) is 18.5 Å². The van der Waals surface area contributed by atoms with E-state index in [0.717, 1.165) is 25.0 Å². The van der Waals surface area contributed by atoms with Gasteiger partial charge in [0.25, 0.3) is 0 Å². The topological polar surface area (TPSA) is 78.0 Å². The summed E-state index contributed by atoms with van der Waals surface area (Å²) in [6.07, 6.45) is -2.78. The van der Waals surface area contributed by atoms with Gasteiger partial charge >= 0.3 is 6.18 Å². The van der Waals surface area contributed by atoms with Crippen molar-refractivity contribution in [2.75, 3.05) is 0 Å². The molecule has 0 bridgehead atoms. The summed E-state index contributed by atoms with van der Waals surface area (Å²) in [5, 5.41) is 5.16. The molecule has 0 spiro atoms. The van der Waals surface area contributed by atoms with Gasteiger partial charge in [0.2, 0.25) is 10.0 Å². The number of nitrogens with zero attached hydrogens (tertiary/aromatic N) is 2. The highest BCUT2D eigenvalue weighted by molar-refractivity contribution is 7.89. The summed E-state index contributed by atoms with van der Waals surface area (Å²) in [5.74, 6) is 0.358. The van der Waals surface area contributed by atoms with Gasteiger partial charge in [0.05, 0.1) is 21.5 Å². The van der Waals surface area contributed by atoms with E-state index in [4.69, 9.17) is 5.14 Å². The summed E-state index contributed by atoms with van der Waals surface area (Å²) in [6.45, 7) is 2.55. The molecule has 0 aliphatic carbocycles. The summed E-state index contributed by atoms with van der Waals surface area (Å²) < 4.78 is 64.2. The largest absolute Gasteiger partial charge is 0.416 e. The minimum absolute atomic E-state index is 0.0919. The van der Waals surface area contributed by atoms with Crippen molar-refractivity contribution in [3.05, 3.63) is 48.0 Å². The lowest BCUT2D eigenvalue weighted by atomic mass is 10.1. The number of rotatable bonds is 5. The van der Waals surface area contributed by atoms with Crippen molar-refractivity contribution in [3.8, 4) is 11.4 Å². The molecule has 5 nitrogen and oxygen atoms in total. The molecule has 0 fully saturated rings. The molecule has 27 heavy (non-hydrogen) atoms. The Morgan fingerprint density at radius 2 is 1.89 bits per heavy atom. The number of hydrogen-bond acceptors (Lipinski definition) is 3. The quantitative estimate of drug-likeness (QED) is 0.702. The summed E-state index contributed by atoms with van der Waals surface area (Å²) in [7, 11) is -3.90. The number of benzene rings is 2. The monoisotopic (exact) mass is 397 g/mol. The van der Waals surface area contributed by atoms with Crippen molar-refractivity contribution >= 4 is 21.1 Å². The Balaban J connectivity index is 2.22. The molecule has 3 rings (SSSR count). The van der Waals surface area contributed by atoms with Gasteiger partial charge in [0.15, 0.2) is 0 Å². The standard InChI is InChI=1S/C18H18F3N3O2S/c1-2-3-9-24-16-8-7-14(27(22,25)26)11-15(16)23-17(24)12-5-4-6-13(10-12)18(19,20)21/h4-8,10-11H,2-3,9H2,1H3,(H2,22,25,26). The van der Waals surface area contributed by atoms with E-state index < -0.39 is 21.8 Å². The van der Waals surface area contributed by atoms with Crippen LogP contribution in [0, 0.1) is 0 Å². The fraction of sp³-hybridized carbons (Fsp3) is 0.278. The highest BCUT2D eigenvalue weighted by Crippen LogP contribution is 2.33. The second-order valence-electron chi connectivity index (χ2n) is 6.21.